The standard InChI is InChI=1S/C17H21N3/c1-2-16-13-20(12-14-7-9-18-10-8-14)17-6-4-3-5-15(17)11-19-16/h3-10,16,19H,2,11-13H2,1H3. The van der Waals surface area contributed by atoms with Crippen LogP contribution < -0.4 is 10.2 Å². The van der Waals surface area contributed by atoms with Crippen LogP contribution in [0.1, 0.15) is 24.5 Å². The lowest BCUT2D eigenvalue weighted by Crippen LogP contribution is -2.37. The Kier molecular flexibility index (Phi) is 3.97. The molecular formula is C17H21N3. The van der Waals surface area contributed by atoms with Gasteiger partial charge in [-0.2, -0.15) is 0 Å². The van der Waals surface area contributed by atoms with Crippen LogP contribution >= 0.6 is 0 Å². The van der Waals surface area contributed by atoms with Gasteiger partial charge in [0.05, 0.1) is 0 Å². The van der Waals surface area contributed by atoms with Crippen molar-refractivity contribution in [2.75, 3.05) is 11.4 Å². The Morgan fingerprint density at radius 2 is 2.00 bits per heavy atom. The molecule has 1 aliphatic rings. The fourth-order valence-electron chi connectivity index (χ4n) is 2.78. The van der Waals surface area contributed by atoms with Crippen LogP contribution in [0.4, 0.5) is 5.69 Å². The molecule has 20 heavy (non-hydrogen) atoms. The minimum atomic E-state index is 0.546. The third kappa shape index (κ3) is 2.83. The van der Waals surface area contributed by atoms with E-state index in [1.165, 1.54) is 16.8 Å². The largest absolute Gasteiger partial charge is 0.365 e. The van der Waals surface area contributed by atoms with E-state index in [4.69, 9.17) is 0 Å². The number of benzene rings is 1. The first-order valence-corrected chi connectivity index (χ1v) is 7.32. The summed E-state index contributed by atoms with van der Waals surface area (Å²) < 4.78 is 0. The van der Waals surface area contributed by atoms with Crippen molar-refractivity contribution in [2.45, 2.75) is 32.5 Å². The lowest BCUT2D eigenvalue weighted by Gasteiger charge is -2.27. The van der Waals surface area contributed by atoms with E-state index in [1.807, 2.05) is 12.4 Å². The number of nitrogens with one attached hydrogen (secondary N) is 1. The van der Waals surface area contributed by atoms with Crippen molar-refractivity contribution in [3.63, 3.8) is 0 Å². The van der Waals surface area contributed by atoms with Crippen LogP contribution in [-0.4, -0.2) is 17.6 Å². The molecule has 3 rings (SSSR count). The molecule has 1 aromatic heterocycles. The quantitative estimate of drug-likeness (QED) is 0.926. The number of pyridine rings is 1. The number of nitrogens with zero attached hydrogens (tertiary/aromatic N) is 2. The van der Waals surface area contributed by atoms with Crippen molar-refractivity contribution >= 4 is 5.69 Å². The summed E-state index contributed by atoms with van der Waals surface area (Å²) in [5.41, 5.74) is 4.05. The summed E-state index contributed by atoms with van der Waals surface area (Å²) in [4.78, 5) is 6.59. The highest BCUT2D eigenvalue weighted by Crippen LogP contribution is 2.25. The van der Waals surface area contributed by atoms with E-state index in [9.17, 15) is 0 Å². The molecule has 1 unspecified atom stereocenters. The Morgan fingerprint density at radius 1 is 1.20 bits per heavy atom. The van der Waals surface area contributed by atoms with Gasteiger partial charge in [0.15, 0.2) is 0 Å². The Hall–Kier alpha value is -1.87. The number of para-hydroxylation sites is 1. The van der Waals surface area contributed by atoms with Gasteiger partial charge >= 0.3 is 0 Å². The van der Waals surface area contributed by atoms with Crippen LogP contribution in [0.15, 0.2) is 48.8 Å². The van der Waals surface area contributed by atoms with E-state index >= 15 is 0 Å². The highest BCUT2D eigenvalue weighted by molar-refractivity contribution is 5.55. The zero-order valence-corrected chi connectivity index (χ0v) is 11.9. The van der Waals surface area contributed by atoms with E-state index in [0.717, 1.165) is 26.1 Å². The van der Waals surface area contributed by atoms with Gasteiger partial charge in [0.25, 0.3) is 0 Å². The first kappa shape index (κ1) is 13.1. The molecule has 3 nitrogen and oxygen atoms in total. The highest BCUT2D eigenvalue weighted by Gasteiger charge is 2.20. The monoisotopic (exact) mass is 267 g/mol. The molecule has 0 spiro atoms. The minimum absolute atomic E-state index is 0.546. The second kappa shape index (κ2) is 6.06. The van der Waals surface area contributed by atoms with Crippen LogP contribution in [0.3, 0.4) is 0 Å². The third-order valence-corrected chi connectivity index (χ3v) is 3.97. The molecule has 0 amide bonds. The molecule has 1 N–H and O–H groups in total. The minimum Gasteiger partial charge on any atom is -0.365 e. The van der Waals surface area contributed by atoms with Gasteiger partial charge in [-0.3, -0.25) is 4.98 Å². The summed E-state index contributed by atoms with van der Waals surface area (Å²) in [5, 5.41) is 3.65. The summed E-state index contributed by atoms with van der Waals surface area (Å²) in [6.07, 6.45) is 4.89. The topological polar surface area (TPSA) is 28.2 Å². The van der Waals surface area contributed by atoms with Gasteiger partial charge in [-0.05, 0) is 35.7 Å². The first-order valence-electron chi connectivity index (χ1n) is 7.32. The fourth-order valence-corrected chi connectivity index (χ4v) is 2.78. The third-order valence-electron chi connectivity index (χ3n) is 3.97. The van der Waals surface area contributed by atoms with Gasteiger partial charge < -0.3 is 10.2 Å². The highest BCUT2D eigenvalue weighted by atomic mass is 15.2. The molecule has 1 aliphatic heterocycles. The molecule has 104 valence electrons. The zero-order valence-electron chi connectivity index (χ0n) is 11.9. The lowest BCUT2D eigenvalue weighted by atomic mass is 10.1. The maximum absolute atomic E-state index is 4.10. The lowest BCUT2D eigenvalue weighted by molar-refractivity contribution is 0.502. The van der Waals surface area contributed by atoms with E-state index in [0.29, 0.717) is 6.04 Å². The summed E-state index contributed by atoms with van der Waals surface area (Å²) in [5.74, 6) is 0. The molecular weight excluding hydrogens is 246 g/mol. The molecule has 0 saturated carbocycles. The summed E-state index contributed by atoms with van der Waals surface area (Å²) in [6.45, 7) is 5.20. The normalized spacial score (nSPS) is 18.4. The molecule has 0 saturated heterocycles. The Labute approximate surface area is 120 Å². The van der Waals surface area contributed by atoms with Crippen LogP contribution in [0, 0.1) is 0 Å². The number of aromatic nitrogens is 1. The maximum atomic E-state index is 4.10. The fraction of sp³-hybridized carbons (Fsp3) is 0.353. The van der Waals surface area contributed by atoms with Crippen LogP contribution in [0.5, 0.6) is 0 Å². The van der Waals surface area contributed by atoms with Crippen LogP contribution in [0.25, 0.3) is 0 Å². The van der Waals surface area contributed by atoms with Crippen molar-refractivity contribution in [3.05, 3.63) is 59.9 Å². The molecule has 3 heteroatoms. The van der Waals surface area contributed by atoms with E-state index in [2.05, 4.69) is 58.5 Å². The number of hydrogen-bond donors (Lipinski definition) is 1. The predicted octanol–water partition coefficient (Wildman–Crippen LogP) is 2.97. The van der Waals surface area contributed by atoms with Gasteiger partial charge in [-0.25, -0.2) is 0 Å². The molecule has 2 aromatic rings. The van der Waals surface area contributed by atoms with Crippen LogP contribution in [0.2, 0.25) is 0 Å². The molecule has 0 radical (unpaired) electrons. The van der Waals surface area contributed by atoms with Crippen LogP contribution in [-0.2, 0) is 13.1 Å². The number of fused-ring (bicyclic) bond motifs is 1. The number of hydrogen-bond acceptors (Lipinski definition) is 3. The van der Waals surface area contributed by atoms with Gasteiger partial charge in [-0.15, -0.1) is 0 Å². The van der Waals surface area contributed by atoms with Crippen molar-refractivity contribution in [1.29, 1.82) is 0 Å². The number of anilines is 1. The van der Waals surface area contributed by atoms with Gasteiger partial charge in [0.1, 0.15) is 0 Å². The average molecular weight is 267 g/mol. The SMILES string of the molecule is CCC1CN(Cc2ccncc2)c2ccccc2CN1. The van der Waals surface area contributed by atoms with Crippen molar-refractivity contribution in [3.8, 4) is 0 Å². The summed E-state index contributed by atoms with van der Waals surface area (Å²) in [6, 6.07) is 13.5. The number of rotatable bonds is 3. The average Bonchev–Trinajstić information content (AvgIpc) is 2.68. The van der Waals surface area contributed by atoms with Crippen molar-refractivity contribution in [2.24, 2.45) is 0 Å². The second-order valence-electron chi connectivity index (χ2n) is 5.35. The zero-order chi connectivity index (χ0) is 13.8. The molecule has 1 aromatic carbocycles. The van der Waals surface area contributed by atoms with Crippen molar-refractivity contribution in [1.82, 2.24) is 10.3 Å². The predicted molar refractivity (Wildman–Crippen MR) is 82.6 cm³/mol. The molecule has 0 bridgehead atoms. The maximum Gasteiger partial charge on any atom is 0.0431 e. The van der Waals surface area contributed by atoms with E-state index in [-0.39, 0.29) is 0 Å². The van der Waals surface area contributed by atoms with Crippen molar-refractivity contribution < 1.29 is 0 Å². The smallest absolute Gasteiger partial charge is 0.0431 e. The van der Waals surface area contributed by atoms with Gasteiger partial charge in [0.2, 0.25) is 0 Å². The second-order valence-corrected chi connectivity index (χ2v) is 5.35. The van der Waals surface area contributed by atoms with E-state index in [1.54, 1.807) is 0 Å². The molecule has 0 fully saturated rings. The van der Waals surface area contributed by atoms with Gasteiger partial charge in [0, 0.05) is 43.8 Å². The molecule has 2 heterocycles. The Morgan fingerprint density at radius 3 is 2.80 bits per heavy atom. The summed E-state index contributed by atoms with van der Waals surface area (Å²) >= 11 is 0. The van der Waals surface area contributed by atoms with Gasteiger partial charge in [-0.1, -0.05) is 25.1 Å². The molecule has 1 atom stereocenters. The molecule has 0 aliphatic carbocycles. The Balaban J connectivity index is 1.89. The first-order chi connectivity index (χ1) is 9.86. The Bertz CT molecular complexity index is 553. The summed E-state index contributed by atoms with van der Waals surface area (Å²) in [7, 11) is 0. The van der Waals surface area contributed by atoms with E-state index < -0.39 is 0 Å².